The number of carboxylic acids is 1. The predicted molar refractivity (Wildman–Crippen MR) is 72.1 cm³/mol. The van der Waals surface area contributed by atoms with Gasteiger partial charge < -0.3 is 5.11 Å². The molecule has 0 aliphatic heterocycles. The molecule has 0 aromatic heterocycles. The highest BCUT2D eigenvalue weighted by Gasteiger charge is 2.09. The average molecular weight is 246 g/mol. The van der Waals surface area contributed by atoms with Crippen LogP contribution in [-0.2, 0) is 4.79 Å². The fourth-order valence-corrected chi connectivity index (χ4v) is 2.38. The number of carbonyl (C=O) groups is 1. The number of carboxylic acid groups (broad SMARTS) is 1. The van der Waals surface area contributed by atoms with Gasteiger partial charge in [0.2, 0.25) is 0 Å². The van der Waals surface area contributed by atoms with E-state index in [9.17, 15) is 4.79 Å². The second-order valence-corrected chi connectivity index (χ2v) is 6.25. The molecule has 0 radical (unpaired) electrons. The third-order valence-corrected chi connectivity index (χ3v) is 3.87. The van der Waals surface area contributed by atoms with Gasteiger partial charge in [0.1, 0.15) is 0 Å². The second-order valence-electron chi connectivity index (χ2n) is 4.80. The molecular weight excluding hydrogens is 220 g/mol. The van der Waals surface area contributed by atoms with E-state index < -0.39 is 5.97 Å². The smallest absolute Gasteiger partial charge is 0.316 e. The topological polar surface area (TPSA) is 37.3 Å². The molecule has 0 bridgehead atoms. The second kappa shape index (κ2) is 10.0. The summed E-state index contributed by atoms with van der Waals surface area (Å²) in [4.78, 5) is 10.5. The van der Waals surface area contributed by atoms with Gasteiger partial charge in [-0.25, -0.2) is 0 Å². The highest BCUT2D eigenvalue weighted by Crippen LogP contribution is 2.15. The van der Waals surface area contributed by atoms with Crippen molar-refractivity contribution in [1.29, 1.82) is 0 Å². The minimum absolute atomic E-state index is 0.249. The average Bonchev–Trinajstić information content (AvgIpc) is 2.21. The zero-order valence-electron chi connectivity index (χ0n) is 10.9. The van der Waals surface area contributed by atoms with Crippen LogP contribution < -0.4 is 0 Å². The van der Waals surface area contributed by atoms with Crippen molar-refractivity contribution in [2.24, 2.45) is 5.92 Å². The minimum atomic E-state index is -0.693. The first-order valence-electron chi connectivity index (χ1n) is 6.38. The summed E-state index contributed by atoms with van der Waals surface area (Å²) in [6.07, 6.45) is 7.72. The van der Waals surface area contributed by atoms with E-state index in [-0.39, 0.29) is 5.25 Å². The molecule has 0 rings (SSSR count). The first kappa shape index (κ1) is 15.8. The molecule has 1 atom stereocenters. The molecule has 0 aliphatic carbocycles. The van der Waals surface area contributed by atoms with Gasteiger partial charge in [-0.05, 0) is 25.0 Å². The van der Waals surface area contributed by atoms with E-state index in [1.165, 1.54) is 32.1 Å². The lowest BCUT2D eigenvalue weighted by Gasteiger charge is -2.06. The SMILES string of the molecule is CC(C)CCCCCCCSC(C)C(=O)O. The Hall–Kier alpha value is -0.180. The molecule has 0 amide bonds. The zero-order chi connectivity index (χ0) is 12.4. The van der Waals surface area contributed by atoms with Crippen LogP contribution in [0.3, 0.4) is 0 Å². The highest BCUT2D eigenvalue weighted by atomic mass is 32.2. The summed E-state index contributed by atoms with van der Waals surface area (Å²) in [7, 11) is 0. The maximum absolute atomic E-state index is 10.5. The van der Waals surface area contributed by atoms with E-state index >= 15 is 0 Å². The van der Waals surface area contributed by atoms with Crippen LogP contribution >= 0.6 is 11.8 Å². The molecule has 0 aromatic carbocycles. The van der Waals surface area contributed by atoms with Gasteiger partial charge in [-0.1, -0.05) is 46.0 Å². The van der Waals surface area contributed by atoms with Crippen molar-refractivity contribution < 1.29 is 9.90 Å². The van der Waals surface area contributed by atoms with Gasteiger partial charge in [0.25, 0.3) is 0 Å². The molecule has 0 saturated carbocycles. The fraction of sp³-hybridized carbons (Fsp3) is 0.923. The summed E-state index contributed by atoms with van der Waals surface area (Å²) in [6, 6.07) is 0. The van der Waals surface area contributed by atoms with Crippen LogP contribution in [0.2, 0.25) is 0 Å². The number of hydrogen-bond donors (Lipinski definition) is 1. The molecular formula is C13H26O2S. The van der Waals surface area contributed by atoms with Gasteiger partial charge in [-0.3, -0.25) is 4.79 Å². The molecule has 1 N–H and O–H groups in total. The van der Waals surface area contributed by atoms with Crippen LogP contribution in [0, 0.1) is 5.92 Å². The van der Waals surface area contributed by atoms with Crippen LogP contribution in [-0.4, -0.2) is 22.1 Å². The summed E-state index contributed by atoms with van der Waals surface area (Å²) in [6.45, 7) is 6.30. The number of rotatable bonds is 10. The Balaban J connectivity index is 3.13. The van der Waals surface area contributed by atoms with Crippen molar-refractivity contribution in [3.63, 3.8) is 0 Å². The normalized spacial score (nSPS) is 13.0. The Morgan fingerprint density at radius 1 is 1.06 bits per heavy atom. The van der Waals surface area contributed by atoms with E-state index in [0.29, 0.717) is 0 Å². The van der Waals surface area contributed by atoms with E-state index in [1.54, 1.807) is 18.7 Å². The van der Waals surface area contributed by atoms with E-state index in [2.05, 4.69) is 13.8 Å². The van der Waals surface area contributed by atoms with Gasteiger partial charge >= 0.3 is 5.97 Å². The first-order chi connectivity index (χ1) is 7.54. The van der Waals surface area contributed by atoms with Crippen molar-refractivity contribution in [3.05, 3.63) is 0 Å². The molecule has 96 valence electrons. The van der Waals surface area contributed by atoms with Crippen molar-refractivity contribution >= 4 is 17.7 Å². The highest BCUT2D eigenvalue weighted by molar-refractivity contribution is 8.00. The standard InChI is InChI=1S/C13H26O2S/c1-11(2)9-7-5-4-6-8-10-16-12(3)13(14)15/h11-12H,4-10H2,1-3H3,(H,14,15). The molecule has 0 aromatic rings. The van der Waals surface area contributed by atoms with E-state index in [0.717, 1.165) is 18.1 Å². The summed E-state index contributed by atoms with van der Waals surface area (Å²) >= 11 is 1.55. The van der Waals surface area contributed by atoms with E-state index in [1.807, 2.05) is 0 Å². The summed E-state index contributed by atoms with van der Waals surface area (Å²) < 4.78 is 0. The van der Waals surface area contributed by atoms with Crippen LogP contribution in [0.4, 0.5) is 0 Å². The minimum Gasteiger partial charge on any atom is -0.480 e. The molecule has 0 heterocycles. The molecule has 1 unspecified atom stereocenters. The van der Waals surface area contributed by atoms with Crippen molar-refractivity contribution in [2.45, 2.75) is 64.5 Å². The fourth-order valence-electron chi connectivity index (χ4n) is 1.52. The quantitative estimate of drug-likeness (QED) is 0.587. The van der Waals surface area contributed by atoms with Crippen LogP contribution in [0.5, 0.6) is 0 Å². The Bertz CT molecular complexity index is 181. The summed E-state index contributed by atoms with van der Waals surface area (Å²) in [5.41, 5.74) is 0. The van der Waals surface area contributed by atoms with Crippen LogP contribution in [0.25, 0.3) is 0 Å². The molecule has 0 aliphatic rings. The van der Waals surface area contributed by atoms with Gasteiger partial charge in [0.15, 0.2) is 0 Å². The molecule has 3 heteroatoms. The third-order valence-electron chi connectivity index (χ3n) is 2.64. The summed E-state index contributed by atoms with van der Waals surface area (Å²) in [5.74, 6) is 1.12. The third kappa shape index (κ3) is 10.3. The Kier molecular flexibility index (Phi) is 9.89. The predicted octanol–water partition coefficient (Wildman–Crippen LogP) is 4.19. The Morgan fingerprint density at radius 2 is 1.62 bits per heavy atom. The lowest BCUT2D eigenvalue weighted by Crippen LogP contribution is -2.11. The maximum Gasteiger partial charge on any atom is 0.316 e. The van der Waals surface area contributed by atoms with Gasteiger partial charge in [0, 0.05) is 0 Å². The van der Waals surface area contributed by atoms with Gasteiger partial charge in [0.05, 0.1) is 5.25 Å². The molecule has 0 fully saturated rings. The maximum atomic E-state index is 10.5. The number of unbranched alkanes of at least 4 members (excludes halogenated alkanes) is 4. The lowest BCUT2D eigenvalue weighted by atomic mass is 10.0. The summed E-state index contributed by atoms with van der Waals surface area (Å²) in [5, 5.41) is 8.44. The largest absolute Gasteiger partial charge is 0.480 e. The molecule has 2 nitrogen and oxygen atoms in total. The number of aliphatic carboxylic acids is 1. The molecule has 0 spiro atoms. The van der Waals surface area contributed by atoms with Gasteiger partial charge in [-0.2, -0.15) is 0 Å². The first-order valence-corrected chi connectivity index (χ1v) is 7.43. The molecule has 0 saturated heterocycles. The Morgan fingerprint density at radius 3 is 2.19 bits per heavy atom. The monoisotopic (exact) mass is 246 g/mol. The lowest BCUT2D eigenvalue weighted by molar-refractivity contribution is -0.136. The van der Waals surface area contributed by atoms with Crippen molar-refractivity contribution in [1.82, 2.24) is 0 Å². The zero-order valence-corrected chi connectivity index (χ0v) is 11.7. The van der Waals surface area contributed by atoms with Gasteiger partial charge in [-0.15, -0.1) is 11.8 Å². The Labute approximate surface area is 104 Å². The van der Waals surface area contributed by atoms with Crippen molar-refractivity contribution in [2.75, 3.05) is 5.75 Å². The molecule has 16 heavy (non-hydrogen) atoms. The van der Waals surface area contributed by atoms with Crippen LogP contribution in [0.15, 0.2) is 0 Å². The number of thioether (sulfide) groups is 1. The number of hydrogen-bond acceptors (Lipinski definition) is 2. The van der Waals surface area contributed by atoms with Crippen molar-refractivity contribution in [3.8, 4) is 0 Å². The van der Waals surface area contributed by atoms with Crippen LogP contribution in [0.1, 0.15) is 59.3 Å². The van der Waals surface area contributed by atoms with E-state index in [4.69, 9.17) is 5.11 Å².